The minimum absolute atomic E-state index is 0.0993. The predicted octanol–water partition coefficient (Wildman–Crippen LogP) is 3.24. The average molecular weight is 415 g/mol. The summed E-state index contributed by atoms with van der Waals surface area (Å²) in [4.78, 5) is 32.8. The van der Waals surface area contributed by atoms with Crippen molar-refractivity contribution in [2.24, 2.45) is 29.4 Å². The number of amides is 1. The van der Waals surface area contributed by atoms with Crippen LogP contribution in [0.25, 0.3) is 0 Å². The van der Waals surface area contributed by atoms with E-state index in [1.54, 1.807) is 0 Å². The molecular formula is C21H38N2O6. The fourth-order valence-electron chi connectivity index (χ4n) is 3.80. The molecule has 1 amide bonds. The lowest BCUT2D eigenvalue weighted by atomic mass is 9.82. The minimum atomic E-state index is -0.700. The lowest BCUT2D eigenvalue weighted by molar-refractivity contribution is -0.144. The third-order valence-electron chi connectivity index (χ3n) is 5.66. The maximum Gasteiger partial charge on any atom is 0.407 e. The van der Waals surface area contributed by atoms with Gasteiger partial charge in [-0.25, -0.2) is 4.79 Å². The number of nitrogens with two attached hydrogens (primary N) is 1. The second kappa shape index (κ2) is 12.0. The second-order valence-electron chi connectivity index (χ2n) is 9.23. The maximum absolute atomic E-state index is 11.4. The van der Waals surface area contributed by atoms with Crippen molar-refractivity contribution in [3.05, 3.63) is 0 Å². The van der Waals surface area contributed by atoms with E-state index in [4.69, 9.17) is 20.7 Å². The second-order valence-corrected chi connectivity index (χ2v) is 9.23. The van der Waals surface area contributed by atoms with Crippen molar-refractivity contribution in [3.63, 3.8) is 0 Å². The molecule has 2 aliphatic carbocycles. The van der Waals surface area contributed by atoms with Crippen LogP contribution in [0.2, 0.25) is 0 Å². The van der Waals surface area contributed by atoms with Gasteiger partial charge in [0.1, 0.15) is 5.60 Å². The van der Waals surface area contributed by atoms with Gasteiger partial charge in [0.05, 0.1) is 11.8 Å². The highest BCUT2D eigenvalue weighted by atomic mass is 16.6. The van der Waals surface area contributed by atoms with Crippen LogP contribution in [0, 0.1) is 23.7 Å². The zero-order valence-corrected chi connectivity index (χ0v) is 18.0. The number of rotatable bonds is 5. The summed E-state index contributed by atoms with van der Waals surface area (Å²) in [6.45, 7) is 6.76. The van der Waals surface area contributed by atoms with E-state index in [1.807, 2.05) is 20.8 Å². The largest absolute Gasteiger partial charge is 0.481 e. The summed E-state index contributed by atoms with van der Waals surface area (Å²) >= 11 is 0. The summed E-state index contributed by atoms with van der Waals surface area (Å²) in [5, 5.41) is 20.3. The molecule has 8 nitrogen and oxygen atoms in total. The van der Waals surface area contributed by atoms with Crippen molar-refractivity contribution >= 4 is 18.0 Å². The highest BCUT2D eigenvalue weighted by Gasteiger charge is 2.27. The molecule has 29 heavy (non-hydrogen) atoms. The number of hydrogen-bond acceptors (Lipinski definition) is 5. The number of hydrogen-bond donors (Lipinski definition) is 4. The first-order chi connectivity index (χ1) is 13.5. The third kappa shape index (κ3) is 10.5. The number of aliphatic carboxylic acids is 2. The monoisotopic (exact) mass is 414 g/mol. The number of ether oxygens (including phenoxy) is 1. The molecule has 0 aromatic heterocycles. The van der Waals surface area contributed by atoms with E-state index in [0.717, 1.165) is 38.5 Å². The van der Waals surface area contributed by atoms with Gasteiger partial charge >= 0.3 is 18.0 Å². The van der Waals surface area contributed by atoms with Crippen molar-refractivity contribution in [2.45, 2.75) is 77.7 Å². The zero-order valence-electron chi connectivity index (χ0n) is 18.0. The Balaban J connectivity index is 0.000000326. The van der Waals surface area contributed by atoms with Gasteiger partial charge in [-0.3, -0.25) is 9.59 Å². The highest BCUT2D eigenvalue weighted by molar-refractivity contribution is 5.70. The highest BCUT2D eigenvalue weighted by Crippen LogP contribution is 2.29. The van der Waals surface area contributed by atoms with E-state index in [2.05, 4.69) is 5.32 Å². The summed E-state index contributed by atoms with van der Waals surface area (Å²) in [7, 11) is 0. The molecule has 2 rings (SSSR count). The Morgan fingerprint density at radius 1 is 0.862 bits per heavy atom. The molecule has 0 aliphatic heterocycles. The van der Waals surface area contributed by atoms with Crippen LogP contribution in [0.4, 0.5) is 4.79 Å². The molecule has 0 spiro atoms. The van der Waals surface area contributed by atoms with Crippen LogP contribution in [-0.2, 0) is 14.3 Å². The van der Waals surface area contributed by atoms with E-state index in [9.17, 15) is 14.4 Å². The van der Waals surface area contributed by atoms with Gasteiger partial charge in [0, 0.05) is 6.54 Å². The molecule has 0 aromatic carbocycles. The summed E-state index contributed by atoms with van der Waals surface area (Å²) in [5.41, 5.74) is 5.00. The Morgan fingerprint density at radius 3 is 1.62 bits per heavy atom. The first kappa shape index (κ1) is 25.2. The van der Waals surface area contributed by atoms with Crippen molar-refractivity contribution in [3.8, 4) is 0 Å². The molecular weight excluding hydrogens is 376 g/mol. The Bertz CT molecular complexity index is 530. The van der Waals surface area contributed by atoms with E-state index in [-0.39, 0.29) is 11.8 Å². The third-order valence-corrected chi connectivity index (χ3v) is 5.66. The van der Waals surface area contributed by atoms with Crippen LogP contribution in [0.5, 0.6) is 0 Å². The van der Waals surface area contributed by atoms with E-state index >= 15 is 0 Å². The summed E-state index contributed by atoms with van der Waals surface area (Å²) in [6.07, 6.45) is 6.34. The lowest BCUT2D eigenvalue weighted by Gasteiger charge is -2.27. The SMILES string of the molecule is CC(C)(C)OC(=O)NCC1CCC(C(=O)O)CC1.NCC1CCC(C(=O)O)CC1. The van der Waals surface area contributed by atoms with Crippen LogP contribution in [0.3, 0.4) is 0 Å². The molecule has 0 bridgehead atoms. The normalized spacial score (nSPS) is 27.2. The van der Waals surface area contributed by atoms with Crippen molar-refractivity contribution in [1.82, 2.24) is 5.32 Å². The molecule has 0 heterocycles. The smallest absolute Gasteiger partial charge is 0.407 e. The first-order valence-corrected chi connectivity index (χ1v) is 10.6. The Morgan fingerprint density at radius 2 is 1.28 bits per heavy atom. The van der Waals surface area contributed by atoms with Crippen LogP contribution < -0.4 is 11.1 Å². The predicted molar refractivity (Wildman–Crippen MR) is 109 cm³/mol. The molecule has 0 atom stereocenters. The molecule has 2 aliphatic rings. The number of carboxylic acids is 2. The number of carbonyl (C=O) groups is 3. The van der Waals surface area contributed by atoms with Gasteiger partial charge in [0.2, 0.25) is 0 Å². The summed E-state index contributed by atoms with van der Waals surface area (Å²) in [5.74, 6) is -0.701. The van der Waals surface area contributed by atoms with Gasteiger partial charge in [0.25, 0.3) is 0 Å². The maximum atomic E-state index is 11.4. The van der Waals surface area contributed by atoms with Crippen molar-refractivity contribution in [2.75, 3.05) is 13.1 Å². The van der Waals surface area contributed by atoms with Crippen LogP contribution >= 0.6 is 0 Å². The number of alkyl carbamates (subject to hydrolysis) is 1. The molecule has 0 saturated heterocycles. The lowest BCUT2D eigenvalue weighted by Crippen LogP contribution is -2.36. The van der Waals surface area contributed by atoms with Crippen LogP contribution in [-0.4, -0.2) is 46.9 Å². The summed E-state index contributed by atoms with van der Waals surface area (Å²) < 4.78 is 5.14. The fourth-order valence-corrected chi connectivity index (χ4v) is 3.80. The molecule has 0 unspecified atom stereocenters. The molecule has 5 N–H and O–H groups in total. The Hall–Kier alpha value is -1.83. The van der Waals surface area contributed by atoms with Gasteiger partial charge < -0.3 is 26.0 Å². The van der Waals surface area contributed by atoms with E-state index in [1.165, 1.54) is 0 Å². The minimum Gasteiger partial charge on any atom is -0.481 e. The quantitative estimate of drug-likeness (QED) is 0.541. The summed E-state index contributed by atoms with van der Waals surface area (Å²) in [6, 6.07) is 0. The molecule has 8 heteroatoms. The van der Waals surface area contributed by atoms with Gasteiger partial charge in [-0.15, -0.1) is 0 Å². The molecule has 168 valence electrons. The van der Waals surface area contributed by atoms with Gasteiger partial charge in [-0.05, 0) is 90.5 Å². The van der Waals surface area contributed by atoms with Gasteiger partial charge in [-0.1, -0.05) is 0 Å². The van der Waals surface area contributed by atoms with E-state index in [0.29, 0.717) is 37.8 Å². The molecule has 2 fully saturated rings. The molecule has 2 saturated carbocycles. The van der Waals surface area contributed by atoms with Crippen LogP contribution in [0.15, 0.2) is 0 Å². The Kier molecular flexibility index (Phi) is 10.4. The van der Waals surface area contributed by atoms with Crippen molar-refractivity contribution in [1.29, 1.82) is 0 Å². The van der Waals surface area contributed by atoms with Crippen LogP contribution in [0.1, 0.15) is 72.1 Å². The zero-order chi connectivity index (χ0) is 22.0. The molecule has 0 radical (unpaired) electrons. The molecule has 0 aromatic rings. The van der Waals surface area contributed by atoms with E-state index < -0.39 is 23.6 Å². The number of nitrogens with one attached hydrogen (secondary N) is 1. The average Bonchev–Trinajstić information content (AvgIpc) is 2.66. The standard InChI is InChI=1S/C13H23NO4.C8H15NO2/c1-13(2,3)18-12(17)14-8-9-4-6-10(7-5-9)11(15)16;9-5-6-1-3-7(4-2-6)8(10)11/h9-10H,4-8H2,1-3H3,(H,14,17)(H,15,16);6-7H,1-5,9H2,(H,10,11). The number of carboxylic acid groups (broad SMARTS) is 2. The fraction of sp³-hybridized carbons (Fsp3) is 0.857. The van der Waals surface area contributed by atoms with Gasteiger partial charge in [-0.2, -0.15) is 0 Å². The first-order valence-electron chi connectivity index (χ1n) is 10.6. The Labute approximate surface area is 173 Å². The van der Waals surface area contributed by atoms with Gasteiger partial charge in [0.15, 0.2) is 0 Å². The van der Waals surface area contributed by atoms with Crippen molar-refractivity contribution < 1.29 is 29.3 Å². The number of carbonyl (C=O) groups excluding carboxylic acids is 1. The topological polar surface area (TPSA) is 139 Å².